The van der Waals surface area contributed by atoms with Crippen LogP contribution in [-0.2, 0) is 14.3 Å². The van der Waals surface area contributed by atoms with Gasteiger partial charge in [0.2, 0.25) is 11.8 Å². The van der Waals surface area contributed by atoms with Gasteiger partial charge in [-0.15, -0.1) is 0 Å². The fourth-order valence-corrected chi connectivity index (χ4v) is 2.28. The highest BCUT2D eigenvalue weighted by Crippen LogP contribution is 2.23. The second-order valence-corrected chi connectivity index (χ2v) is 4.82. The highest BCUT2D eigenvalue weighted by molar-refractivity contribution is 5.77. The van der Waals surface area contributed by atoms with Gasteiger partial charge in [0.05, 0.1) is 12.5 Å². The van der Waals surface area contributed by atoms with Crippen molar-refractivity contribution in [1.29, 1.82) is 0 Å². The number of rotatable bonds is 6. The molecule has 1 aliphatic carbocycles. The van der Waals surface area contributed by atoms with Crippen LogP contribution in [0.2, 0.25) is 0 Å². The third kappa shape index (κ3) is 4.62. The summed E-state index contributed by atoms with van der Waals surface area (Å²) in [5.74, 6) is -0.314. The van der Waals surface area contributed by atoms with Crippen LogP contribution in [0, 0.1) is 5.92 Å². The van der Waals surface area contributed by atoms with E-state index < -0.39 is 0 Å². The number of hydrogen-bond acceptors (Lipinski definition) is 4. The maximum absolute atomic E-state index is 11.7. The first-order valence-corrected chi connectivity index (χ1v) is 6.38. The van der Waals surface area contributed by atoms with E-state index in [-0.39, 0.29) is 36.3 Å². The van der Waals surface area contributed by atoms with E-state index in [9.17, 15) is 9.59 Å². The van der Waals surface area contributed by atoms with E-state index in [4.69, 9.17) is 16.2 Å². The summed E-state index contributed by atoms with van der Waals surface area (Å²) < 4.78 is 5.06. The molecule has 0 heterocycles. The maximum atomic E-state index is 11.7. The summed E-state index contributed by atoms with van der Waals surface area (Å²) in [5, 5.41) is 2.95. The Morgan fingerprint density at radius 2 is 1.94 bits per heavy atom. The Morgan fingerprint density at radius 3 is 2.39 bits per heavy atom. The average molecular weight is 257 g/mol. The summed E-state index contributed by atoms with van der Waals surface area (Å²) in [6, 6.07) is 0.142. The minimum Gasteiger partial charge on any atom is -0.380 e. The van der Waals surface area contributed by atoms with E-state index in [1.807, 2.05) is 0 Å². The number of carbonyl (C=O) groups excluding carboxylic acids is 2. The molecule has 1 saturated carbocycles. The van der Waals surface area contributed by atoms with Crippen LogP contribution in [0.25, 0.3) is 0 Å². The molecule has 0 saturated heterocycles. The van der Waals surface area contributed by atoms with Gasteiger partial charge in [-0.2, -0.15) is 0 Å². The first-order chi connectivity index (χ1) is 8.56. The van der Waals surface area contributed by atoms with Gasteiger partial charge in [-0.05, 0) is 25.7 Å². The number of methoxy groups -OCH3 is 1. The Hall–Kier alpha value is -1.14. The largest absolute Gasteiger partial charge is 0.380 e. The fraction of sp³-hybridized carbons (Fsp3) is 0.833. The highest BCUT2D eigenvalue weighted by Gasteiger charge is 2.25. The fourth-order valence-electron chi connectivity index (χ4n) is 2.28. The molecular weight excluding hydrogens is 234 g/mol. The summed E-state index contributed by atoms with van der Waals surface area (Å²) in [6.07, 6.45) is 3.17. The predicted octanol–water partition coefficient (Wildman–Crippen LogP) is -0.489. The number of hydrogen-bond donors (Lipinski definition) is 3. The first kappa shape index (κ1) is 14.9. The van der Waals surface area contributed by atoms with Crippen molar-refractivity contribution < 1.29 is 14.3 Å². The third-order valence-electron chi connectivity index (χ3n) is 3.50. The highest BCUT2D eigenvalue weighted by atomic mass is 16.5. The second kappa shape index (κ2) is 7.33. The molecule has 0 bridgehead atoms. The Labute approximate surface area is 107 Å². The molecule has 2 amide bonds. The van der Waals surface area contributed by atoms with Crippen LogP contribution in [0.3, 0.4) is 0 Å². The zero-order valence-electron chi connectivity index (χ0n) is 10.9. The molecule has 18 heavy (non-hydrogen) atoms. The van der Waals surface area contributed by atoms with E-state index in [2.05, 4.69) is 5.32 Å². The zero-order valence-corrected chi connectivity index (χ0v) is 10.9. The smallest absolute Gasteiger partial charge is 0.222 e. The van der Waals surface area contributed by atoms with Gasteiger partial charge in [0.1, 0.15) is 0 Å². The molecule has 0 aliphatic heterocycles. The number of ether oxygens (including phenoxy) is 1. The average Bonchev–Trinajstić information content (AvgIpc) is 2.36. The molecule has 1 fully saturated rings. The van der Waals surface area contributed by atoms with Gasteiger partial charge in [0, 0.05) is 25.6 Å². The zero-order chi connectivity index (χ0) is 13.5. The lowest BCUT2D eigenvalue weighted by Crippen LogP contribution is -2.41. The minimum atomic E-state index is -0.234. The summed E-state index contributed by atoms with van der Waals surface area (Å²) >= 11 is 0. The van der Waals surface area contributed by atoms with E-state index in [1.165, 1.54) is 0 Å². The van der Waals surface area contributed by atoms with E-state index >= 15 is 0 Å². The molecule has 6 nitrogen and oxygen atoms in total. The summed E-state index contributed by atoms with van der Waals surface area (Å²) in [4.78, 5) is 22.7. The summed E-state index contributed by atoms with van der Waals surface area (Å²) in [5.41, 5.74) is 10.7. The predicted molar refractivity (Wildman–Crippen MR) is 67.6 cm³/mol. The van der Waals surface area contributed by atoms with E-state index in [0.717, 1.165) is 25.7 Å². The van der Waals surface area contributed by atoms with Crippen molar-refractivity contribution in [1.82, 2.24) is 5.32 Å². The monoisotopic (exact) mass is 257 g/mol. The molecule has 104 valence electrons. The topological polar surface area (TPSA) is 107 Å². The number of carbonyl (C=O) groups is 2. The molecule has 1 rings (SSSR count). The first-order valence-electron chi connectivity index (χ1n) is 6.38. The Balaban J connectivity index is 2.28. The van der Waals surface area contributed by atoms with Gasteiger partial charge in [-0.25, -0.2) is 0 Å². The molecule has 0 aromatic heterocycles. The van der Waals surface area contributed by atoms with Gasteiger partial charge in [-0.1, -0.05) is 0 Å². The molecule has 0 spiro atoms. The number of amides is 2. The van der Waals surface area contributed by atoms with Crippen LogP contribution < -0.4 is 16.8 Å². The maximum Gasteiger partial charge on any atom is 0.222 e. The molecular formula is C12H23N3O3. The van der Waals surface area contributed by atoms with Crippen LogP contribution in [0.15, 0.2) is 0 Å². The third-order valence-corrected chi connectivity index (χ3v) is 3.50. The van der Waals surface area contributed by atoms with E-state index in [1.54, 1.807) is 7.11 Å². The normalized spacial score (nSPS) is 25.4. The molecule has 1 aliphatic rings. The lowest BCUT2D eigenvalue weighted by Gasteiger charge is -2.27. The van der Waals surface area contributed by atoms with Crippen LogP contribution in [0.1, 0.15) is 32.1 Å². The standard InChI is InChI=1S/C12H23N3O3/c1-18-10(7-13)6-11(16)15-9-4-2-8(3-5-9)12(14)17/h8-10H,2-7,13H2,1H3,(H2,14,17)(H,15,16). The molecule has 1 unspecified atom stereocenters. The number of nitrogens with two attached hydrogens (primary N) is 2. The van der Waals surface area contributed by atoms with Crippen molar-refractivity contribution >= 4 is 11.8 Å². The van der Waals surface area contributed by atoms with Gasteiger partial charge < -0.3 is 21.5 Å². The molecule has 1 atom stereocenters. The molecule has 0 radical (unpaired) electrons. The van der Waals surface area contributed by atoms with Gasteiger partial charge in [0.25, 0.3) is 0 Å². The summed E-state index contributed by atoms with van der Waals surface area (Å²) in [6.45, 7) is 0.332. The molecule has 6 heteroatoms. The van der Waals surface area contributed by atoms with Crippen LogP contribution >= 0.6 is 0 Å². The van der Waals surface area contributed by atoms with Crippen molar-refractivity contribution in [3.05, 3.63) is 0 Å². The Kier molecular flexibility index (Phi) is 6.07. The molecule has 0 aromatic rings. The van der Waals surface area contributed by atoms with Crippen molar-refractivity contribution in [2.75, 3.05) is 13.7 Å². The second-order valence-electron chi connectivity index (χ2n) is 4.82. The SMILES string of the molecule is COC(CN)CC(=O)NC1CCC(C(N)=O)CC1. The van der Waals surface area contributed by atoms with E-state index in [0.29, 0.717) is 6.54 Å². The van der Waals surface area contributed by atoms with Crippen molar-refractivity contribution in [2.24, 2.45) is 17.4 Å². The number of nitrogens with one attached hydrogen (secondary N) is 1. The van der Waals surface area contributed by atoms with Gasteiger partial charge >= 0.3 is 0 Å². The molecule has 0 aromatic carbocycles. The van der Waals surface area contributed by atoms with Crippen molar-refractivity contribution in [3.8, 4) is 0 Å². The molecule has 5 N–H and O–H groups in total. The lowest BCUT2D eigenvalue weighted by atomic mass is 9.85. The van der Waals surface area contributed by atoms with Crippen molar-refractivity contribution in [2.45, 2.75) is 44.2 Å². The van der Waals surface area contributed by atoms with Gasteiger partial charge in [-0.3, -0.25) is 9.59 Å². The van der Waals surface area contributed by atoms with Crippen molar-refractivity contribution in [3.63, 3.8) is 0 Å². The van der Waals surface area contributed by atoms with Gasteiger partial charge in [0.15, 0.2) is 0 Å². The van der Waals surface area contributed by atoms with Crippen LogP contribution in [-0.4, -0.2) is 37.6 Å². The lowest BCUT2D eigenvalue weighted by molar-refractivity contribution is -0.124. The minimum absolute atomic E-state index is 0.0334. The van der Waals surface area contributed by atoms with Crippen LogP contribution in [0.4, 0.5) is 0 Å². The summed E-state index contributed by atoms with van der Waals surface area (Å²) in [7, 11) is 1.54. The Morgan fingerprint density at radius 1 is 1.33 bits per heavy atom. The quantitative estimate of drug-likeness (QED) is 0.596. The van der Waals surface area contributed by atoms with Crippen LogP contribution in [0.5, 0.6) is 0 Å². The Bertz CT molecular complexity index is 284. The number of primary amides is 1.